The number of hydrogen-bond acceptors (Lipinski definition) is 2. The van der Waals surface area contributed by atoms with Crippen molar-refractivity contribution in [1.29, 1.82) is 0 Å². The van der Waals surface area contributed by atoms with Crippen molar-refractivity contribution >= 4 is 5.97 Å². The van der Waals surface area contributed by atoms with Crippen molar-refractivity contribution in [3.05, 3.63) is 12.7 Å². The van der Waals surface area contributed by atoms with E-state index in [1.165, 1.54) is 6.08 Å². The molecule has 0 aromatic carbocycles. The topological polar surface area (TPSA) is 40.5 Å². The van der Waals surface area contributed by atoms with Gasteiger partial charge >= 0.3 is 5.97 Å². The summed E-state index contributed by atoms with van der Waals surface area (Å²) in [6.07, 6.45) is 1.52. The van der Waals surface area contributed by atoms with Gasteiger partial charge in [-0.05, 0) is 18.8 Å². The maximum Gasteiger partial charge on any atom is 0.324 e. The SMILES string of the molecule is C=CC(C(=O)O)N1CC(C)C(C)C1C. The summed E-state index contributed by atoms with van der Waals surface area (Å²) in [6, 6.07) is -0.207. The molecule has 1 heterocycles. The first kappa shape index (κ1) is 11.2. The molecule has 0 amide bonds. The second kappa shape index (κ2) is 4.13. The molecule has 0 spiro atoms. The molecule has 0 saturated carbocycles. The first-order chi connectivity index (χ1) is 6.49. The van der Waals surface area contributed by atoms with Crippen LogP contribution in [-0.2, 0) is 4.79 Å². The Morgan fingerprint density at radius 3 is 2.43 bits per heavy atom. The van der Waals surface area contributed by atoms with Crippen molar-refractivity contribution in [1.82, 2.24) is 4.90 Å². The number of hydrogen-bond donors (Lipinski definition) is 1. The van der Waals surface area contributed by atoms with E-state index >= 15 is 0 Å². The Kier molecular flexibility index (Phi) is 3.32. The second-order valence-electron chi connectivity index (χ2n) is 4.29. The molecule has 0 aromatic heterocycles. The summed E-state index contributed by atoms with van der Waals surface area (Å²) in [5, 5.41) is 9.01. The van der Waals surface area contributed by atoms with Crippen molar-refractivity contribution in [2.75, 3.05) is 6.54 Å². The number of carbonyl (C=O) groups is 1. The summed E-state index contributed by atoms with van der Waals surface area (Å²) in [4.78, 5) is 13.0. The molecule has 0 aliphatic carbocycles. The maximum absolute atomic E-state index is 11.0. The van der Waals surface area contributed by atoms with Crippen LogP contribution in [0.3, 0.4) is 0 Å². The van der Waals surface area contributed by atoms with Gasteiger partial charge in [-0.2, -0.15) is 0 Å². The van der Waals surface area contributed by atoms with Crippen LogP contribution in [0.2, 0.25) is 0 Å². The molecular weight excluding hydrogens is 178 g/mol. The summed E-state index contributed by atoms with van der Waals surface area (Å²) in [5.41, 5.74) is 0. The molecule has 4 atom stereocenters. The summed E-state index contributed by atoms with van der Waals surface area (Å²) in [6.45, 7) is 10.9. The lowest BCUT2D eigenvalue weighted by Gasteiger charge is -2.27. The summed E-state index contributed by atoms with van der Waals surface area (Å²) < 4.78 is 0. The molecule has 80 valence electrons. The van der Waals surface area contributed by atoms with Gasteiger partial charge < -0.3 is 5.11 Å². The van der Waals surface area contributed by atoms with Crippen molar-refractivity contribution < 1.29 is 9.90 Å². The average Bonchev–Trinajstić information content (AvgIpc) is 2.35. The molecule has 0 aromatic rings. The van der Waals surface area contributed by atoms with Crippen LogP contribution in [0.25, 0.3) is 0 Å². The number of rotatable bonds is 3. The third-order valence-corrected chi connectivity index (χ3v) is 3.51. The molecule has 1 aliphatic rings. The first-order valence-electron chi connectivity index (χ1n) is 5.10. The minimum absolute atomic E-state index is 0.323. The zero-order valence-corrected chi connectivity index (χ0v) is 9.10. The Balaban J connectivity index is 2.78. The molecule has 3 nitrogen and oxygen atoms in total. The quantitative estimate of drug-likeness (QED) is 0.699. The summed E-state index contributed by atoms with van der Waals surface area (Å²) >= 11 is 0. The van der Waals surface area contributed by atoms with Gasteiger partial charge in [0.25, 0.3) is 0 Å². The lowest BCUT2D eigenvalue weighted by Crippen LogP contribution is -2.42. The van der Waals surface area contributed by atoms with E-state index in [1.807, 2.05) is 4.90 Å². The van der Waals surface area contributed by atoms with Gasteiger partial charge in [0.1, 0.15) is 6.04 Å². The monoisotopic (exact) mass is 197 g/mol. The molecule has 3 heteroatoms. The van der Waals surface area contributed by atoms with Crippen LogP contribution < -0.4 is 0 Å². The Morgan fingerprint density at radius 1 is 1.57 bits per heavy atom. The molecular formula is C11H19NO2. The van der Waals surface area contributed by atoms with Crippen molar-refractivity contribution in [3.8, 4) is 0 Å². The van der Waals surface area contributed by atoms with E-state index < -0.39 is 12.0 Å². The maximum atomic E-state index is 11.0. The van der Waals surface area contributed by atoms with Crippen LogP contribution in [0.1, 0.15) is 20.8 Å². The summed E-state index contributed by atoms with van der Waals surface area (Å²) in [5.74, 6) is 0.316. The predicted octanol–water partition coefficient (Wildman–Crippen LogP) is 1.60. The van der Waals surface area contributed by atoms with Crippen LogP contribution >= 0.6 is 0 Å². The fraction of sp³-hybridized carbons (Fsp3) is 0.727. The Morgan fingerprint density at radius 2 is 2.14 bits per heavy atom. The third kappa shape index (κ3) is 1.82. The van der Waals surface area contributed by atoms with E-state index in [-0.39, 0.29) is 0 Å². The normalized spacial score (nSPS) is 35.5. The Hall–Kier alpha value is -0.830. The molecule has 14 heavy (non-hydrogen) atoms. The van der Waals surface area contributed by atoms with Gasteiger partial charge in [-0.3, -0.25) is 9.69 Å². The number of carboxylic acids is 1. The first-order valence-corrected chi connectivity index (χ1v) is 5.10. The van der Waals surface area contributed by atoms with Gasteiger partial charge in [0, 0.05) is 12.6 Å². The number of aliphatic carboxylic acids is 1. The van der Waals surface area contributed by atoms with Crippen LogP contribution in [-0.4, -0.2) is 34.6 Å². The molecule has 1 fully saturated rings. The van der Waals surface area contributed by atoms with Gasteiger partial charge in [0.15, 0.2) is 0 Å². The van der Waals surface area contributed by atoms with Crippen LogP contribution in [0, 0.1) is 11.8 Å². The van der Waals surface area contributed by atoms with E-state index in [1.54, 1.807) is 0 Å². The Labute approximate surface area is 85.4 Å². The number of likely N-dealkylation sites (tertiary alicyclic amines) is 1. The smallest absolute Gasteiger partial charge is 0.324 e. The van der Waals surface area contributed by atoms with E-state index in [0.29, 0.717) is 17.9 Å². The highest BCUT2D eigenvalue weighted by atomic mass is 16.4. The molecule has 1 N–H and O–H groups in total. The number of nitrogens with zero attached hydrogens (tertiary/aromatic N) is 1. The van der Waals surface area contributed by atoms with Gasteiger partial charge in [0.2, 0.25) is 0 Å². The van der Waals surface area contributed by atoms with Gasteiger partial charge in [-0.15, -0.1) is 6.58 Å². The Bertz CT molecular complexity index is 239. The molecule has 0 bridgehead atoms. The average molecular weight is 197 g/mol. The minimum Gasteiger partial charge on any atom is -0.480 e. The van der Waals surface area contributed by atoms with Gasteiger partial charge in [0.05, 0.1) is 0 Å². The lowest BCUT2D eigenvalue weighted by atomic mass is 9.95. The fourth-order valence-corrected chi connectivity index (χ4v) is 2.19. The van der Waals surface area contributed by atoms with Crippen LogP contribution in [0.4, 0.5) is 0 Å². The van der Waals surface area contributed by atoms with Gasteiger partial charge in [-0.1, -0.05) is 19.9 Å². The highest BCUT2D eigenvalue weighted by Crippen LogP contribution is 2.30. The van der Waals surface area contributed by atoms with E-state index in [4.69, 9.17) is 5.11 Å². The van der Waals surface area contributed by atoms with Crippen molar-refractivity contribution in [3.63, 3.8) is 0 Å². The zero-order valence-electron chi connectivity index (χ0n) is 9.10. The van der Waals surface area contributed by atoms with Gasteiger partial charge in [-0.25, -0.2) is 0 Å². The largest absolute Gasteiger partial charge is 0.480 e. The lowest BCUT2D eigenvalue weighted by molar-refractivity contribution is -0.141. The molecule has 1 aliphatic heterocycles. The zero-order chi connectivity index (χ0) is 10.9. The third-order valence-electron chi connectivity index (χ3n) is 3.51. The molecule has 0 radical (unpaired) electrons. The standard InChI is InChI=1S/C11H19NO2/c1-5-10(11(13)14)12-6-7(2)8(3)9(12)4/h5,7-10H,1,6H2,2-4H3,(H,13,14). The summed E-state index contributed by atoms with van der Waals surface area (Å²) in [7, 11) is 0. The number of carboxylic acid groups (broad SMARTS) is 1. The highest BCUT2D eigenvalue weighted by Gasteiger charge is 2.38. The molecule has 1 saturated heterocycles. The van der Waals surface area contributed by atoms with E-state index in [0.717, 1.165) is 6.54 Å². The minimum atomic E-state index is -0.798. The second-order valence-corrected chi connectivity index (χ2v) is 4.29. The highest BCUT2D eigenvalue weighted by molar-refractivity contribution is 5.75. The van der Waals surface area contributed by atoms with Crippen molar-refractivity contribution in [2.24, 2.45) is 11.8 Å². The van der Waals surface area contributed by atoms with Crippen LogP contribution in [0.5, 0.6) is 0 Å². The predicted molar refractivity (Wildman–Crippen MR) is 56.1 cm³/mol. The van der Waals surface area contributed by atoms with E-state index in [2.05, 4.69) is 27.4 Å². The van der Waals surface area contributed by atoms with Crippen molar-refractivity contribution in [2.45, 2.75) is 32.9 Å². The van der Waals surface area contributed by atoms with Crippen LogP contribution in [0.15, 0.2) is 12.7 Å². The molecule has 1 rings (SSSR count). The fourth-order valence-electron chi connectivity index (χ4n) is 2.19. The van der Waals surface area contributed by atoms with E-state index in [9.17, 15) is 4.79 Å². The molecule has 4 unspecified atom stereocenters.